The minimum atomic E-state index is -0.202. The molecule has 0 saturated carbocycles. The number of fused-ring (bicyclic) bond motifs is 3. The molecule has 0 fully saturated rings. The first-order valence-electron chi connectivity index (χ1n) is 14.5. The van der Waals surface area contributed by atoms with Crippen LogP contribution in [0.25, 0.3) is 22.4 Å². The van der Waals surface area contributed by atoms with Crippen molar-refractivity contribution in [1.29, 1.82) is 0 Å². The van der Waals surface area contributed by atoms with Gasteiger partial charge in [0.1, 0.15) is 0 Å². The van der Waals surface area contributed by atoms with Crippen molar-refractivity contribution in [3.05, 3.63) is 154 Å². The number of carbonyl (C=O) groups excluding carboxylic acids is 2. The minimum Gasteiger partial charge on any atom is -0.322 e. The quantitative estimate of drug-likeness (QED) is 0.201. The number of carbonyl (C=O) groups is 2. The number of nitrogens with one attached hydrogen (secondary N) is 1. The predicted octanol–water partition coefficient (Wildman–Crippen LogP) is 8.34. The normalized spacial score (nSPS) is 11.9. The van der Waals surface area contributed by atoms with Crippen LogP contribution in [-0.4, -0.2) is 28.3 Å². The molecule has 0 unspecified atom stereocenters. The van der Waals surface area contributed by atoms with Gasteiger partial charge in [0.25, 0.3) is 11.8 Å². The van der Waals surface area contributed by atoms with Crippen molar-refractivity contribution in [2.45, 2.75) is 12.8 Å². The lowest BCUT2D eigenvalue weighted by atomic mass is 9.99. The zero-order valence-electron chi connectivity index (χ0n) is 24.2. The number of benzene rings is 4. The summed E-state index contributed by atoms with van der Waals surface area (Å²) in [6, 6.07) is 36.5. The molecule has 0 aliphatic carbocycles. The Hall–Kier alpha value is -5.11. The highest BCUT2D eigenvalue weighted by atomic mass is 35.5. The van der Waals surface area contributed by atoms with Crippen LogP contribution in [0.1, 0.15) is 36.2 Å². The summed E-state index contributed by atoms with van der Waals surface area (Å²) < 4.78 is 0. The van der Waals surface area contributed by atoms with E-state index in [9.17, 15) is 9.59 Å². The third-order valence-electron chi connectivity index (χ3n) is 7.72. The Labute approximate surface area is 271 Å². The van der Waals surface area contributed by atoms with Gasteiger partial charge in [0.15, 0.2) is 0 Å². The van der Waals surface area contributed by atoms with Crippen molar-refractivity contribution in [2.24, 2.45) is 0 Å². The number of anilines is 2. The fourth-order valence-electron chi connectivity index (χ4n) is 5.59. The number of halogens is 1. The van der Waals surface area contributed by atoms with Crippen molar-refractivity contribution in [2.75, 3.05) is 16.8 Å². The molecule has 1 N–H and O–H groups in total. The van der Waals surface area contributed by atoms with Gasteiger partial charge in [-0.05, 0) is 59.2 Å². The van der Waals surface area contributed by atoms with Gasteiger partial charge < -0.3 is 10.2 Å². The maximum atomic E-state index is 13.9. The van der Waals surface area contributed by atoms with Gasteiger partial charge in [-0.3, -0.25) is 14.6 Å². The van der Waals surface area contributed by atoms with Gasteiger partial charge in [-0.2, -0.15) is 0 Å². The van der Waals surface area contributed by atoms with Crippen molar-refractivity contribution in [3.63, 3.8) is 0 Å². The summed E-state index contributed by atoms with van der Waals surface area (Å²) in [5.74, 6) is -0.290. The molecule has 0 radical (unpaired) electrons. The molecule has 3 heterocycles. The monoisotopic (exact) mass is 628 g/mol. The third kappa shape index (κ3) is 6.27. The number of aromatic nitrogens is 2. The Balaban J connectivity index is 0.00000357. The first-order valence-corrected chi connectivity index (χ1v) is 15.3. The smallest absolute Gasteiger partial charge is 0.258 e. The van der Waals surface area contributed by atoms with Crippen molar-refractivity contribution in [1.82, 2.24) is 9.97 Å². The average molecular weight is 629 g/mol. The van der Waals surface area contributed by atoms with Crippen LogP contribution in [0.3, 0.4) is 0 Å². The topological polar surface area (TPSA) is 75.2 Å². The first-order chi connectivity index (χ1) is 21.6. The van der Waals surface area contributed by atoms with E-state index >= 15 is 0 Å². The minimum absolute atomic E-state index is 0. The second-order valence-electron chi connectivity index (χ2n) is 10.6. The molecule has 2 aromatic heterocycles. The molecule has 6 aromatic rings. The molecule has 2 amide bonds. The summed E-state index contributed by atoms with van der Waals surface area (Å²) >= 11 is 1.70. The van der Waals surface area contributed by atoms with E-state index in [0.717, 1.165) is 51.5 Å². The molecule has 0 bridgehead atoms. The van der Waals surface area contributed by atoms with E-state index in [1.807, 2.05) is 96.0 Å². The molecule has 7 rings (SSSR count). The molecule has 8 heteroatoms. The fourth-order valence-corrected chi connectivity index (χ4v) is 6.69. The van der Waals surface area contributed by atoms with E-state index in [1.165, 1.54) is 4.88 Å². The SMILES string of the molecule is Cl.O=C(Nc1ccc(C(=O)N2CCc3sc(Cc4cccnc4)nc3-c3ccccc32)cc1)c1ccccc1-c1ccccc1. The Morgan fingerprint density at radius 1 is 0.800 bits per heavy atom. The van der Waals surface area contributed by atoms with Gasteiger partial charge in [0.2, 0.25) is 0 Å². The van der Waals surface area contributed by atoms with Gasteiger partial charge in [0, 0.05) is 59.0 Å². The van der Waals surface area contributed by atoms with E-state index in [2.05, 4.69) is 16.4 Å². The number of rotatable bonds is 6. The number of para-hydroxylation sites is 1. The first kappa shape index (κ1) is 29.9. The lowest BCUT2D eigenvalue weighted by molar-refractivity contribution is 0.0986. The number of nitrogens with zero attached hydrogens (tertiary/aromatic N) is 3. The van der Waals surface area contributed by atoms with Gasteiger partial charge in [-0.15, -0.1) is 23.7 Å². The Bertz CT molecular complexity index is 1960. The molecule has 1 aliphatic rings. The number of hydrogen-bond donors (Lipinski definition) is 1. The third-order valence-corrected chi connectivity index (χ3v) is 8.84. The number of amides is 2. The maximum absolute atomic E-state index is 13.9. The molecule has 0 saturated heterocycles. The summed E-state index contributed by atoms with van der Waals surface area (Å²) in [5, 5.41) is 4.04. The van der Waals surface area contributed by atoms with Gasteiger partial charge in [-0.25, -0.2) is 4.98 Å². The largest absolute Gasteiger partial charge is 0.322 e. The summed E-state index contributed by atoms with van der Waals surface area (Å²) in [4.78, 5) is 39.4. The van der Waals surface area contributed by atoms with Gasteiger partial charge in [-0.1, -0.05) is 72.8 Å². The fraction of sp³-hybridized carbons (Fsp3) is 0.0811. The molecule has 4 aromatic carbocycles. The Kier molecular flexibility index (Phi) is 8.82. The van der Waals surface area contributed by atoms with Crippen LogP contribution >= 0.6 is 23.7 Å². The van der Waals surface area contributed by atoms with Crippen molar-refractivity contribution in [3.8, 4) is 22.4 Å². The van der Waals surface area contributed by atoms with Crippen LogP contribution in [0.15, 0.2) is 128 Å². The van der Waals surface area contributed by atoms with E-state index in [0.29, 0.717) is 23.4 Å². The van der Waals surface area contributed by atoms with E-state index in [4.69, 9.17) is 4.98 Å². The number of thiazole rings is 1. The van der Waals surface area contributed by atoms with E-state index in [1.54, 1.807) is 41.8 Å². The highest BCUT2D eigenvalue weighted by Gasteiger charge is 2.27. The number of hydrogen-bond acceptors (Lipinski definition) is 5. The Morgan fingerprint density at radius 2 is 1.53 bits per heavy atom. The highest BCUT2D eigenvalue weighted by molar-refractivity contribution is 7.12. The van der Waals surface area contributed by atoms with E-state index < -0.39 is 0 Å². The molecule has 1 aliphatic heterocycles. The number of pyridine rings is 1. The molecule has 0 atom stereocenters. The Morgan fingerprint density at radius 3 is 2.31 bits per heavy atom. The molecule has 222 valence electrons. The summed E-state index contributed by atoms with van der Waals surface area (Å²) in [7, 11) is 0. The molecule has 0 spiro atoms. The summed E-state index contributed by atoms with van der Waals surface area (Å²) in [6.07, 6.45) is 5.10. The van der Waals surface area contributed by atoms with Crippen LogP contribution in [-0.2, 0) is 12.8 Å². The van der Waals surface area contributed by atoms with E-state index in [-0.39, 0.29) is 24.2 Å². The maximum Gasteiger partial charge on any atom is 0.258 e. The summed E-state index contributed by atoms with van der Waals surface area (Å²) in [5.41, 5.74) is 7.50. The summed E-state index contributed by atoms with van der Waals surface area (Å²) in [6.45, 7) is 0.548. The average Bonchev–Trinajstić information content (AvgIpc) is 3.41. The van der Waals surface area contributed by atoms with Crippen LogP contribution in [0.2, 0.25) is 0 Å². The van der Waals surface area contributed by atoms with Gasteiger partial charge >= 0.3 is 0 Å². The van der Waals surface area contributed by atoms with Crippen LogP contribution < -0.4 is 10.2 Å². The van der Waals surface area contributed by atoms with Crippen molar-refractivity contribution >= 4 is 46.9 Å². The standard InChI is InChI=1S/C37H28N4O2S.ClH/c42-36(30-13-5-4-12-29(30)26-10-2-1-3-11-26)39-28-18-16-27(17-19-28)37(43)41-22-20-33-35(31-14-6-7-15-32(31)41)40-34(44-33)23-25-9-8-21-38-24-25;/h1-19,21,24H,20,22-23H2,(H,39,42);1H. The van der Waals surface area contributed by atoms with Crippen LogP contribution in [0.4, 0.5) is 11.4 Å². The lowest BCUT2D eigenvalue weighted by Gasteiger charge is -2.23. The predicted molar refractivity (Wildman–Crippen MR) is 183 cm³/mol. The zero-order valence-corrected chi connectivity index (χ0v) is 25.9. The van der Waals surface area contributed by atoms with Crippen LogP contribution in [0.5, 0.6) is 0 Å². The van der Waals surface area contributed by atoms with Gasteiger partial charge in [0.05, 0.1) is 16.4 Å². The zero-order chi connectivity index (χ0) is 29.9. The lowest BCUT2D eigenvalue weighted by Crippen LogP contribution is -2.32. The molecular weight excluding hydrogens is 600 g/mol. The second-order valence-corrected chi connectivity index (χ2v) is 11.8. The molecule has 45 heavy (non-hydrogen) atoms. The van der Waals surface area contributed by atoms with Crippen molar-refractivity contribution < 1.29 is 9.59 Å². The molecular formula is C37H29ClN4O2S. The highest BCUT2D eigenvalue weighted by Crippen LogP contribution is 2.39. The molecule has 6 nitrogen and oxygen atoms in total. The second kappa shape index (κ2) is 13.3. The van der Waals surface area contributed by atoms with Crippen LogP contribution in [0, 0.1) is 0 Å².